The van der Waals surface area contributed by atoms with Crippen LogP contribution in [0.1, 0.15) is 18.1 Å². The van der Waals surface area contributed by atoms with E-state index in [0.717, 1.165) is 17.7 Å². The lowest BCUT2D eigenvalue weighted by Crippen LogP contribution is -2.04. The molecule has 0 atom stereocenters. The van der Waals surface area contributed by atoms with Crippen LogP contribution in [0.3, 0.4) is 0 Å². The molecule has 0 nitrogen and oxygen atoms in total. The summed E-state index contributed by atoms with van der Waals surface area (Å²) in [5, 5.41) is 0. The molecule has 2 aromatic rings. The zero-order valence-electron chi connectivity index (χ0n) is 10.7. The minimum Gasteiger partial charge on any atom is -0.166 e. The number of hydrogen-bond acceptors (Lipinski definition) is 0. The smallest absolute Gasteiger partial charge is 0.166 e. The molecule has 0 bridgehead atoms. The van der Waals surface area contributed by atoms with Gasteiger partial charge in [0.05, 0.1) is 6.93 Å². The van der Waals surface area contributed by atoms with E-state index >= 15 is 0 Å². The molecule has 0 unspecified atom stereocenters. The van der Waals surface area contributed by atoms with Crippen LogP contribution in [0.15, 0.2) is 59.6 Å². The molecule has 0 aliphatic heterocycles. The number of alkyl halides is 3. The van der Waals surface area contributed by atoms with Crippen molar-refractivity contribution in [2.75, 3.05) is 0 Å². The van der Waals surface area contributed by atoms with Crippen LogP contribution in [0.4, 0.5) is 13.2 Å². The van der Waals surface area contributed by atoms with E-state index in [4.69, 9.17) is 1.37 Å². The van der Waals surface area contributed by atoms with Gasteiger partial charge in [0.25, 0.3) is 0 Å². The van der Waals surface area contributed by atoms with Crippen LogP contribution in [0.5, 0.6) is 0 Å². The Labute approximate surface area is 119 Å². The molecule has 98 valence electrons. The van der Waals surface area contributed by atoms with E-state index in [9.17, 15) is 13.2 Å². The lowest BCUT2D eigenvalue weighted by molar-refractivity contribution is -0.137. The fourth-order valence-corrected chi connectivity index (χ4v) is 2.16. The fourth-order valence-electron chi connectivity index (χ4n) is 1.71. The van der Waals surface area contributed by atoms with Gasteiger partial charge in [-0.3, -0.25) is 0 Å². The van der Waals surface area contributed by atoms with Gasteiger partial charge in [-0.2, -0.15) is 13.2 Å². The predicted molar refractivity (Wildman–Crippen MR) is 73.9 cm³/mol. The molecule has 0 saturated heterocycles. The van der Waals surface area contributed by atoms with Crippen molar-refractivity contribution >= 4 is 21.5 Å². The van der Waals surface area contributed by atoms with Crippen molar-refractivity contribution in [1.82, 2.24) is 0 Å². The van der Waals surface area contributed by atoms with Gasteiger partial charge in [-0.05, 0) is 33.8 Å². The summed E-state index contributed by atoms with van der Waals surface area (Å²) in [4.78, 5) is 0.128. The van der Waals surface area contributed by atoms with Crippen molar-refractivity contribution in [3.63, 3.8) is 0 Å². The molecular weight excluding hydrogens is 317 g/mol. The van der Waals surface area contributed by atoms with E-state index in [1.54, 1.807) is 0 Å². The molecule has 0 saturated carbocycles. The summed E-state index contributed by atoms with van der Waals surface area (Å²) in [7, 11) is 0. The SMILES string of the molecule is [2H]/C(Br)=C(/c1ccccc1)c1ccc(C(F)(F)F)cc1. The highest BCUT2D eigenvalue weighted by atomic mass is 79.9. The first kappa shape index (κ1) is 12.5. The third-order valence-electron chi connectivity index (χ3n) is 2.66. The van der Waals surface area contributed by atoms with Crippen LogP contribution in [-0.4, -0.2) is 0 Å². The molecule has 2 aromatic carbocycles. The second-order valence-electron chi connectivity index (χ2n) is 3.91. The maximum absolute atomic E-state index is 12.5. The van der Waals surface area contributed by atoms with Crippen molar-refractivity contribution in [2.45, 2.75) is 6.18 Å². The number of rotatable bonds is 2. The summed E-state index contributed by atoms with van der Waals surface area (Å²) in [5.41, 5.74) is 1.19. The number of halogens is 4. The maximum atomic E-state index is 12.5. The summed E-state index contributed by atoms with van der Waals surface area (Å²) < 4.78 is 45.4. The summed E-state index contributed by atoms with van der Waals surface area (Å²) in [6, 6.07) is 13.9. The first-order valence-electron chi connectivity index (χ1n) is 5.99. The Morgan fingerprint density at radius 3 is 1.95 bits per heavy atom. The molecule has 0 amide bonds. The van der Waals surface area contributed by atoms with Crippen LogP contribution in [0, 0.1) is 0 Å². The topological polar surface area (TPSA) is 0 Å². The van der Waals surface area contributed by atoms with Gasteiger partial charge < -0.3 is 0 Å². The van der Waals surface area contributed by atoms with Crippen LogP contribution in [0.2, 0.25) is 0 Å². The third kappa shape index (κ3) is 3.26. The normalized spacial score (nSPS) is 13.8. The van der Waals surface area contributed by atoms with E-state index < -0.39 is 11.7 Å². The molecule has 0 fully saturated rings. The minimum absolute atomic E-state index is 0.128. The Morgan fingerprint density at radius 2 is 1.47 bits per heavy atom. The van der Waals surface area contributed by atoms with E-state index in [2.05, 4.69) is 15.9 Å². The van der Waals surface area contributed by atoms with Crippen molar-refractivity contribution in [1.29, 1.82) is 0 Å². The lowest BCUT2D eigenvalue weighted by Gasteiger charge is -2.10. The molecule has 0 heterocycles. The zero-order chi connectivity index (χ0) is 14.8. The molecule has 0 N–H and O–H groups in total. The molecule has 0 spiro atoms. The monoisotopic (exact) mass is 327 g/mol. The highest BCUT2D eigenvalue weighted by Gasteiger charge is 2.30. The van der Waals surface area contributed by atoms with Crippen LogP contribution >= 0.6 is 15.9 Å². The van der Waals surface area contributed by atoms with Crippen molar-refractivity contribution in [2.24, 2.45) is 0 Å². The predicted octanol–water partition coefficient (Wildman–Crippen LogP) is 5.49. The molecule has 2 rings (SSSR count). The largest absolute Gasteiger partial charge is 0.416 e. The van der Waals surface area contributed by atoms with Crippen molar-refractivity contribution in [3.8, 4) is 0 Å². The second-order valence-corrected chi connectivity index (χ2v) is 4.31. The summed E-state index contributed by atoms with van der Waals surface area (Å²) in [6.45, 7) is 0. The number of benzene rings is 2. The lowest BCUT2D eigenvalue weighted by atomic mass is 9.98. The molecule has 0 aliphatic carbocycles. The van der Waals surface area contributed by atoms with Gasteiger partial charge in [-0.1, -0.05) is 58.4 Å². The third-order valence-corrected chi connectivity index (χ3v) is 3.05. The van der Waals surface area contributed by atoms with Crippen LogP contribution in [0.25, 0.3) is 5.57 Å². The van der Waals surface area contributed by atoms with Gasteiger partial charge in [0.1, 0.15) is 0 Å². The summed E-state index contributed by atoms with van der Waals surface area (Å²) >= 11 is 3.10. The first-order chi connectivity index (χ1) is 9.39. The first-order valence-corrected chi connectivity index (χ1v) is 6.28. The standard InChI is InChI=1S/C15H10BrF3/c16-10-14(11-4-2-1-3-5-11)12-6-8-13(9-7-12)15(17,18)19/h1-10H/b14-10+/i10D. The van der Waals surface area contributed by atoms with Crippen LogP contribution in [-0.2, 0) is 6.18 Å². The van der Waals surface area contributed by atoms with Gasteiger partial charge in [-0.15, -0.1) is 0 Å². The van der Waals surface area contributed by atoms with Gasteiger partial charge in [0.15, 0.2) is 0 Å². The molecule has 19 heavy (non-hydrogen) atoms. The molecule has 0 aliphatic rings. The highest BCUT2D eigenvalue weighted by Crippen LogP contribution is 2.31. The van der Waals surface area contributed by atoms with Crippen molar-refractivity contribution in [3.05, 3.63) is 76.2 Å². The van der Waals surface area contributed by atoms with Crippen LogP contribution < -0.4 is 0 Å². The zero-order valence-corrected chi connectivity index (χ0v) is 11.3. The van der Waals surface area contributed by atoms with Gasteiger partial charge in [-0.25, -0.2) is 0 Å². The Hall–Kier alpha value is -1.55. The van der Waals surface area contributed by atoms with Gasteiger partial charge in [0.2, 0.25) is 0 Å². The van der Waals surface area contributed by atoms with E-state index in [-0.39, 0.29) is 4.96 Å². The average molecular weight is 328 g/mol. The summed E-state index contributed by atoms with van der Waals surface area (Å²) in [6.07, 6.45) is -4.35. The quantitative estimate of drug-likeness (QED) is 0.684. The average Bonchev–Trinajstić information content (AvgIpc) is 2.39. The van der Waals surface area contributed by atoms with E-state index in [1.807, 2.05) is 30.3 Å². The Bertz CT molecular complexity index is 612. The van der Waals surface area contributed by atoms with Crippen molar-refractivity contribution < 1.29 is 14.5 Å². The number of hydrogen-bond donors (Lipinski definition) is 0. The van der Waals surface area contributed by atoms with E-state index in [0.29, 0.717) is 11.1 Å². The molecule has 0 aromatic heterocycles. The highest BCUT2D eigenvalue weighted by molar-refractivity contribution is 9.11. The summed E-state index contributed by atoms with van der Waals surface area (Å²) in [5.74, 6) is 0. The second kappa shape index (κ2) is 5.61. The van der Waals surface area contributed by atoms with E-state index in [1.165, 1.54) is 12.1 Å². The molecular formula is C15H10BrF3. The Balaban J connectivity index is 2.46. The van der Waals surface area contributed by atoms with Gasteiger partial charge in [0, 0.05) is 0 Å². The molecule has 0 radical (unpaired) electrons. The Morgan fingerprint density at radius 1 is 0.947 bits per heavy atom. The Kier molecular flexibility index (Phi) is 3.69. The fraction of sp³-hybridized carbons (Fsp3) is 0.0667. The minimum atomic E-state index is -4.35. The molecule has 4 heteroatoms. The maximum Gasteiger partial charge on any atom is 0.416 e. The van der Waals surface area contributed by atoms with Gasteiger partial charge >= 0.3 is 6.18 Å².